The van der Waals surface area contributed by atoms with Crippen molar-refractivity contribution in [2.24, 2.45) is 11.7 Å². The molecule has 7 N–H and O–H groups in total. The van der Waals surface area contributed by atoms with E-state index in [2.05, 4.69) is 21.3 Å². The number of nitrogens with one attached hydrogen (secondary N) is 4. The molecule has 240 valence electrons. The van der Waals surface area contributed by atoms with Gasteiger partial charge in [0.2, 0.25) is 5.91 Å². The number of nitrogens with zero attached hydrogens (tertiary/aromatic N) is 1. The third-order valence-corrected chi connectivity index (χ3v) is 7.05. The number of aliphatic hydroxyl groups excluding tert-OH is 1. The number of nitrogens with two attached hydrogens (primary N) is 1. The molecule has 13 nitrogen and oxygen atoms in total. The smallest absolute Gasteiger partial charge is 0.312 e. The molecule has 3 amide bonds. The first-order chi connectivity index (χ1) is 21.7. The Hall–Kier alpha value is -5.14. The van der Waals surface area contributed by atoms with Crippen molar-refractivity contribution in [3.05, 3.63) is 64.1 Å². The fraction of sp³-hybridized carbons (Fsp3) is 0.438. The number of urea groups is 1. The van der Waals surface area contributed by atoms with Crippen LogP contribution in [0.3, 0.4) is 0 Å². The molecule has 2 rings (SSSR count). The van der Waals surface area contributed by atoms with Crippen LogP contribution in [0.4, 0.5) is 10.5 Å². The number of aromatic nitrogens is 1. The van der Waals surface area contributed by atoms with E-state index in [1.807, 2.05) is 25.7 Å². The van der Waals surface area contributed by atoms with Gasteiger partial charge in [0.25, 0.3) is 0 Å². The molecule has 0 bridgehead atoms. The molecule has 13 heteroatoms. The van der Waals surface area contributed by atoms with Gasteiger partial charge in [-0.25, -0.2) is 24.0 Å². The van der Waals surface area contributed by atoms with Gasteiger partial charge in [0, 0.05) is 25.2 Å². The van der Waals surface area contributed by atoms with Gasteiger partial charge < -0.3 is 36.7 Å². The predicted molar refractivity (Wildman–Crippen MR) is 167 cm³/mol. The van der Waals surface area contributed by atoms with E-state index in [4.69, 9.17) is 5.73 Å². The minimum Gasteiger partial charge on any atom is -0.392 e. The lowest BCUT2D eigenvalue weighted by Crippen LogP contribution is -2.47. The normalized spacial score (nSPS) is 11.6. The first-order valence-corrected chi connectivity index (χ1v) is 14.7. The largest absolute Gasteiger partial charge is 0.392 e. The summed E-state index contributed by atoms with van der Waals surface area (Å²) in [4.78, 5) is 70.4. The van der Waals surface area contributed by atoms with E-state index in [-0.39, 0.29) is 59.9 Å². The van der Waals surface area contributed by atoms with Crippen LogP contribution >= 0.6 is 0 Å². The molecule has 1 aromatic heterocycles. The Bertz CT molecular complexity index is 1520. The third-order valence-electron chi connectivity index (χ3n) is 7.05. The summed E-state index contributed by atoms with van der Waals surface area (Å²) in [6.45, 7) is 4.15. The highest BCUT2D eigenvalue weighted by Crippen LogP contribution is 2.18. The van der Waals surface area contributed by atoms with Gasteiger partial charge in [0.15, 0.2) is 11.9 Å². The summed E-state index contributed by atoms with van der Waals surface area (Å²) in [6, 6.07) is 7.54. The van der Waals surface area contributed by atoms with Crippen molar-refractivity contribution in [2.75, 3.05) is 11.9 Å². The standard InChI is InChI=1S/C32H40N6O7/c1-22(2)31(37-30(44)8-4-3-5-16-38-25(18-40)13-14-26(38)19-41)29(21-43)36-27(7-6-15-34-32(33)45)28(20-42)35-24-11-9-23(17-39)10-12-24/h9-14,22,27,31,35-36,39H,3-8,15-17H2,1-2H3,(H,37,44)(H3,33,34,45)/t27-,31-/m0/s1. The number of amides is 3. The van der Waals surface area contributed by atoms with Crippen LogP contribution in [-0.2, 0) is 37.1 Å². The lowest BCUT2D eigenvalue weighted by molar-refractivity contribution is -0.122. The quantitative estimate of drug-likeness (QED) is 0.0896. The summed E-state index contributed by atoms with van der Waals surface area (Å²) in [5.74, 6) is 6.85. The van der Waals surface area contributed by atoms with E-state index in [1.54, 1.807) is 36.1 Å². The number of unbranched alkanes of at least 4 members (excludes halogenated alkanes) is 2. The first-order valence-electron chi connectivity index (χ1n) is 14.7. The average Bonchev–Trinajstić information content (AvgIpc) is 3.44. The predicted octanol–water partition coefficient (Wildman–Crippen LogP) is -0.362. The Labute approximate surface area is 260 Å². The topological polar surface area (TPSA) is 202 Å². The summed E-state index contributed by atoms with van der Waals surface area (Å²) < 4.78 is 1.53. The molecule has 0 radical (unpaired) electrons. The molecule has 2 aromatic rings. The zero-order valence-corrected chi connectivity index (χ0v) is 25.5. The Morgan fingerprint density at radius 1 is 0.867 bits per heavy atom. The van der Waals surface area contributed by atoms with Crippen molar-refractivity contribution >= 4 is 41.4 Å². The third kappa shape index (κ3) is 11.8. The minimum atomic E-state index is -0.764. The van der Waals surface area contributed by atoms with E-state index >= 15 is 0 Å². The maximum absolute atomic E-state index is 12.9. The SMILES string of the molecule is CC(C)[C@H](NC(=O)CCCCCn1c(=C=O)ccc1=C=O)C(=C=O)N[C@@H](CCCNC(N)=O)C(=C=O)Nc1ccc(CO)cc1. The van der Waals surface area contributed by atoms with Crippen LogP contribution in [0, 0.1) is 5.92 Å². The second-order valence-electron chi connectivity index (χ2n) is 10.7. The molecule has 0 saturated carbocycles. The van der Waals surface area contributed by atoms with Crippen molar-refractivity contribution in [3.8, 4) is 0 Å². The van der Waals surface area contributed by atoms with E-state index in [0.717, 1.165) is 0 Å². The van der Waals surface area contributed by atoms with Gasteiger partial charge in [0.05, 0.1) is 18.7 Å². The van der Waals surface area contributed by atoms with E-state index in [1.165, 1.54) is 16.7 Å². The summed E-state index contributed by atoms with van der Waals surface area (Å²) >= 11 is 0. The monoisotopic (exact) mass is 620 g/mol. The highest BCUT2D eigenvalue weighted by molar-refractivity contribution is 5.77. The van der Waals surface area contributed by atoms with Crippen LogP contribution in [0.15, 0.2) is 47.8 Å². The van der Waals surface area contributed by atoms with Gasteiger partial charge in [0.1, 0.15) is 34.0 Å². The van der Waals surface area contributed by atoms with Gasteiger partial charge in [-0.15, -0.1) is 0 Å². The van der Waals surface area contributed by atoms with Crippen LogP contribution in [0.2, 0.25) is 0 Å². The molecule has 45 heavy (non-hydrogen) atoms. The number of aliphatic hydroxyl groups is 1. The lowest BCUT2D eigenvalue weighted by atomic mass is 9.99. The molecule has 2 atom stereocenters. The number of rotatable bonds is 19. The van der Waals surface area contributed by atoms with Crippen LogP contribution < -0.4 is 37.7 Å². The maximum Gasteiger partial charge on any atom is 0.312 e. The molecule has 0 saturated heterocycles. The summed E-state index contributed by atoms with van der Waals surface area (Å²) in [5.41, 5.74) is 6.51. The number of carbonyl (C=O) groups is 2. The molecule has 0 aliphatic heterocycles. The van der Waals surface area contributed by atoms with Crippen LogP contribution in [-0.4, -0.2) is 64.0 Å². The zero-order chi connectivity index (χ0) is 33.2. The zero-order valence-electron chi connectivity index (χ0n) is 25.5. The number of hydrogen-bond donors (Lipinski definition) is 6. The molecule has 1 heterocycles. The van der Waals surface area contributed by atoms with Gasteiger partial charge >= 0.3 is 6.03 Å². The summed E-state index contributed by atoms with van der Waals surface area (Å²) in [5, 5.41) is 21.2. The number of anilines is 1. The van der Waals surface area contributed by atoms with Crippen molar-refractivity contribution in [3.63, 3.8) is 0 Å². The molecule has 0 spiro atoms. The molecule has 0 aliphatic carbocycles. The van der Waals surface area contributed by atoms with Crippen LogP contribution in [0.5, 0.6) is 0 Å². The fourth-order valence-electron chi connectivity index (χ4n) is 4.65. The van der Waals surface area contributed by atoms with Crippen molar-refractivity contribution in [1.82, 2.24) is 20.5 Å². The van der Waals surface area contributed by atoms with Gasteiger partial charge in [-0.05, 0) is 61.4 Å². The molecular weight excluding hydrogens is 580 g/mol. The van der Waals surface area contributed by atoms with Crippen molar-refractivity contribution < 1.29 is 33.9 Å². The Kier molecular flexibility index (Phi) is 15.4. The Morgan fingerprint density at radius 2 is 1.51 bits per heavy atom. The maximum atomic E-state index is 12.9. The Morgan fingerprint density at radius 3 is 2.04 bits per heavy atom. The summed E-state index contributed by atoms with van der Waals surface area (Å²) in [7, 11) is 0. The van der Waals surface area contributed by atoms with E-state index < -0.39 is 18.1 Å². The van der Waals surface area contributed by atoms with Gasteiger partial charge in [-0.2, -0.15) is 0 Å². The average molecular weight is 621 g/mol. The second kappa shape index (κ2) is 19.2. The molecule has 1 aromatic carbocycles. The highest BCUT2D eigenvalue weighted by Gasteiger charge is 2.26. The number of primary amides is 1. The highest BCUT2D eigenvalue weighted by atomic mass is 16.3. The van der Waals surface area contributed by atoms with Crippen molar-refractivity contribution in [2.45, 2.75) is 77.6 Å². The minimum absolute atomic E-state index is 0.0410. The molecule has 0 unspecified atom stereocenters. The van der Waals surface area contributed by atoms with E-state index in [0.29, 0.717) is 43.5 Å². The Balaban J connectivity index is 2.08. The molecule has 0 fully saturated rings. The van der Waals surface area contributed by atoms with Crippen LogP contribution in [0.1, 0.15) is 57.9 Å². The van der Waals surface area contributed by atoms with Crippen molar-refractivity contribution in [1.29, 1.82) is 0 Å². The van der Waals surface area contributed by atoms with E-state index in [9.17, 15) is 33.9 Å². The van der Waals surface area contributed by atoms with Gasteiger partial charge in [-0.3, -0.25) is 4.79 Å². The van der Waals surface area contributed by atoms with Crippen LogP contribution in [0.25, 0.3) is 0 Å². The molecular formula is C32H40N6O7. The molecule has 0 aliphatic rings. The van der Waals surface area contributed by atoms with Gasteiger partial charge in [-0.1, -0.05) is 32.4 Å². The summed E-state index contributed by atoms with van der Waals surface area (Å²) in [6.07, 6.45) is 2.63. The number of benzene rings is 1. The fourth-order valence-corrected chi connectivity index (χ4v) is 4.65. The lowest BCUT2D eigenvalue weighted by Gasteiger charge is -2.28. The number of carbonyl (C=O) groups excluding carboxylic acids is 6. The number of hydrogen-bond acceptors (Lipinski definition) is 9. The second-order valence-corrected chi connectivity index (χ2v) is 10.7. The first kappa shape index (κ1) is 36.1.